The highest BCUT2D eigenvalue weighted by Crippen LogP contribution is 2.18. The number of aliphatic imine (C=N–C) groups is 2. The summed E-state index contributed by atoms with van der Waals surface area (Å²) < 4.78 is 0. The number of carbonyl (C=O) groups excluding carboxylic acids is 2. The number of carbonyl (C=O) groups is 2. The molecule has 0 aliphatic carbocycles. The lowest BCUT2D eigenvalue weighted by Crippen LogP contribution is -1.89. The Hall–Kier alpha value is -1.36. The van der Waals surface area contributed by atoms with Crippen molar-refractivity contribution in [2.45, 2.75) is 0 Å². The lowest BCUT2D eigenvalue weighted by atomic mass is 10.4. The van der Waals surface area contributed by atoms with Gasteiger partial charge in [-0.1, -0.05) is 0 Å². The van der Waals surface area contributed by atoms with Crippen molar-refractivity contribution in [1.82, 2.24) is 0 Å². The SMILES string of the molecule is O=C(N=C=S)c1ccc(C(=O)N=C=S)s1. The minimum Gasteiger partial charge on any atom is -0.265 e. The third-order valence-corrected chi connectivity index (χ3v) is 2.57. The van der Waals surface area contributed by atoms with Gasteiger partial charge in [-0.05, 0) is 36.6 Å². The molecular formula is C8H2N2O2S3. The van der Waals surface area contributed by atoms with E-state index in [9.17, 15) is 9.59 Å². The maximum absolute atomic E-state index is 11.2. The molecule has 0 aliphatic heterocycles. The molecular weight excluding hydrogens is 252 g/mol. The molecule has 1 rings (SSSR count). The van der Waals surface area contributed by atoms with Crippen LogP contribution in [0.25, 0.3) is 0 Å². The Morgan fingerprint density at radius 3 is 1.80 bits per heavy atom. The summed E-state index contributed by atoms with van der Waals surface area (Å²) >= 11 is 9.54. The minimum absolute atomic E-state index is 0.301. The molecule has 0 saturated carbocycles. The van der Waals surface area contributed by atoms with E-state index in [0.29, 0.717) is 9.75 Å². The molecule has 74 valence electrons. The van der Waals surface area contributed by atoms with Crippen molar-refractivity contribution in [2.24, 2.45) is 9.98 Å². The number of hydrogen-bond acceptors (Lipinski definition) is 5. The first kappa shape index (κ1) is 11.7. The predicted molar refractivity (Wildman–Crippen MR) is 63.0 cm³/mol. The molecule has 0 atom stereocenters. The molecule has 0 spiro atoms. The van der Waals surface area contributed by atoms with E-state index in [2.05, 4.69) is 34.4 Å². The van der Waals surface area contributed by atoms with Crippen molar-refractivity contribution in [3.63, 3.8) is 0 Å². The topological polar surface area (TPSA) is 58.9 Å². The van der Waals surface area contributed by atoms with Crippen LogP contribution in [-0.2, 0) is 0 Å². The molecule has 0 radical (unpaired) electrons. The smallest absolute Gasteiger partial charge is 0.265 e. The highest BCUT2D eigenvalue weighted by molar-refractivity contribution is 7.78. The lowest BCUT2D eigenvalue weighted by Gasteiger charge is -1.84. The van der Waals surface area contributed by atoms with Gasteiger partial charge in [0, 0.05) is 0 Å². The molecule has 0 unspecified atom stereocenters. The average molecular weight is 254 g/mol. The van der Waals surface area contributed by atoms with Gasteiger partial charge in [0.15, 0.2) is 0 Å². The van der Waals surface area contributed by atoms with Crippen molar-refractivity contribution in [1.29, 1.82) is 0 Å². The second kappa shape index (κ2) is 5.50. The highest BCUT2D eigenvalue weighted by atomic mass is 32.1. The molecule has 2 amide bonds. The Kier molecular flexibility index (Phi) is 4.30. The third kappa shape index (κ3) is 3.06. The standard InChI is InChI=1S/C8H2N2O2S3/c11-7(9-3-13)5-1-2-6(15-5)8(12)10-4-14/h1-2H. The van der Waals surface area contributed by atoms with Gasteiger partial charge in [-0.3, -0.25) is 9.59 Å². The summed E-state index contributed by atoms with van der Waals surface area (Å²) in [6, 6.07) is 2.94. The van der Waals surface area contributed by atoms with Gasteiger partial charge in [0.25, 0.3) is 11.8 Å². The van der Waals surface area contributed by atoms with Crippen LogP contribution in [0.5, 0.6) is 0 Å². The van der Waals surface area contributed by atoms with Crippen molar-refractivity contribution >= 4 is 57.9 Å². The van der Waals surface area contributed by atoms with Gasteiger partial charge in [-0.2, -0.15) is 9.98 Å². The summed E-state index contributed by atoms with van der Waals surface area (Å²) in [5.41, 5.74) is 0. The first-order chi connectivity index (χ1) is 7.19. The maximum Gasteiger partial charge on any atom is 0.295 e. The quantitative estimate of drug-likeness (QED) is 0.600. The van der Waals surface area contributed by atoms with Gasteiger partial charge in [0.05, 0.1) is 20.1 Å². The van der Waals surface area contributed by atoms with Crippen molar-refractivity contribution in [3.05, 3.63) is 21.9 Å². The largest absolute Gasteiger partial charge is 0.295 e. The Balaban J connectivity index is 2.99. The zero-order valence-electron chi connectivity index (χ0n) is 7.09. The molecule has 0 aliphatic rings. The van der Waals surface area contributed by atoms with Crippen LogP contribution in [0.15, 0.2) is 22.1 Å². The number of rotatable bonds is 2. The molecule has 1 aromatic heterocycles. The molecule has 0 bridgehead atoms. The normalized spacial score (nSPS) is 8.53. The molecule has 7 heteroatoms. The summed E-state index contributed by atoms with van der Waals surface area (Å²) in [5, 5.41) is 3.92. The molecule has 0 N–H and O–H groups in total. The van der Waals surface area contributed by atoms with Crippen molar-refractivity contribution < 1.29 is 9.59 Å². The molecule has 0 saturated heterocycles. The number of thiophene rings is 1. The Morgan fingerprint density at radius 2 is 1.47 bits per heavy atom. The summed E-state index contributed by atoms with van der Waals surface area (Å²) in [7, 11) is 0. The zero-order valence-corrected chi connectivity index (χ0v) is 9.54. The molecule has 1 aromatic rings. The van der Waals surface area contributed by atoms with E-state index in [-0.39, 0.29) is 0 Å². The van der Waals surface area contributed by atoms with Gasteiger partial charge in [-0.25, -0.2) is 0 Å². The Morgan fingerprint density at radius 1 is 1.07 bits per heavy atom. The molecule has 0 aromatic carbocycles. The summed E-state index contributed by atoms with van der Waals surface area (Å²) in [5.74, 6) is -1.05. The van der Waals surface area contributed by atoms with E-state index in [4.69, 9.17) is 0 Å². The number of amides is 2. The lowest BCUT2D eigenvalue weighted by molar-refractivity contribution is 0.100. The zero-order chi connectivity index (χ0) is 11.3. The summed E-state index contributed by atoms with van der Waals surface area (Å²) in [6.45, 7) is 0. The van der Waals surface area contributed by atoms with Crippen molar-refractivity contribution in [2.75, 3.05) is 0 Å². The van der Waals surface area contributed by atoms with Crippen LogP contribution < -0.4 is 0 Å². The number of nitrogens with zero attached hydrogens (tertiary/aromatic N) is 2. The van der Waals surface area contributed by atoms with Gasteiger partial charge >= 0.3 is 0 Å². The van der Waals surface area contributed by atoms with Crippen molar-refractivity contribution in [3.8, 4) is 0 Å². The number of thiocarbonyl (C=S) groups is 2. The minimum atomic E-state index is -0.527. The van der Waals surface area contributed by atoms with E-state index in [1.54, 1.807) is 0 Å². The maximum atomic E-state index is 11.2. The Bertz CT molecular complexity index is 463. The van der Waals surface area contributed by atoms with Gasteiger partial charge < -0.3 is 0 Å². The van der Waals surface area contributed by atoms with E-state index in [0.717, 1.165) is 11.3 Å². The Labute approximate surface area is 99.4 Å². The molecule has 1 heterocycles. The second-order valence-corrected chi connectivity index (χ2v) is 3.63. The van der Waals surface area contributed by atoms with Crippen LogP contribution >= 0.6 is 35.8 Å². The van der Waals surface area contributed by atoms with Gasteiger partial charge in [0.1, 0.15) is 0 Å². The number of isothiocyanates is 2. The number of hydrogen-bond donors (Lipinski definition) is 0. The second-order valence-electron chi connectivity index (χ2n) is 2.18. The van der Waals surface area contributed by atoms with Crippen LogP contribution in [0.2, 0.25) is 0 Å². The fourth-order valence-corrected chi connectivity index (χ4v) is 1.70. The highest BCUT2D eigenvalue weighted by Gasteiger charge is 2.11. The van der Waals surface area contributed by atoms with E-state index >= 15 is 0 Å². The van der Waals surface area contributed by atoms with E-state index in [1.807, 2.05) is 10.3 Å². The average Bonchev–Trinajstić information content (AvgIpc) is 2.67. The van der Waals surface area contributed by atoms with Crippen LogP contribution in [0.1, 0.15) is 19.3 Å². The van der Waals surface area contributed by atoms with Gasteiger partial charge in [0.2, 0.25) is 0 Å². The molecule has 4 nitrogen and oxygen atoms in total. The van der Waals surface area contributed by atoms with Crippen LogP contribution in [0.4, 0.5) is 0 Å². The van der Waals surface area contributed by atoms with Gasteiger partial charge in [-0.15, -0.1) is 11.3 Å². The van der Waals surface area contributed by atoms with Crippen LogP contribution in [-0.4, -0.2) is 22.1 Å². The predicted octanol–water partition coefficient (Wildman–Crippen LogP) is 2.23. The fourth-order valence-electron chi connectivity index (χ4n) is 0.761. The monoisotopic (exact) mass is 254 g/mol. The van der Waals surface area contributed by atoms with E-state index < -0.39 is 11.8 Å². The van der Waals surface area contributed by atoms with Crippen LogP contribution in [0, 0.1) is 0 Å². The third-order valence-electron chi connectivity index (χ3n) is 1.32. The van der Waals surface area contributed by atoms with Crippen LogP contribution in [0.3, 0.4) is 0 Å². The summed E-state index contributed by atoms with van der Waals surface area (Å²) in [4.78, 5) is 29.5. The summed E-state index contributed by atoms with van der Waals surface area (Å²) in [6.07, 6.45) is 0. The first-order valence-corrected chi connectivity index (χ1v) is 5.16. The first-order valence-electron chi connectivity index (χ1n) is 3.53. The fraction of sp³-hybridized carbons (Fsp3) is 0. The van der Waals surface area contributed by atoms with E-state index in [1.165, 1.54) is 12.1 Å². The molecule has 15 heavy (non-hydrogen) atoms. The molecule has 0 fully saturated rings.